The highest BCUT2D eigenvalue weighted by Gasteiger charge is 2.14. The molecule has 4 aromatic rings. The molecule has 0 bridgehead atoms. The number of thioether (sulfide) groups is 1. The fourth-order valence-electron chi connectivity index (χ4n) is 2.82. The standard InChI is InChI=1S/C22H20N4O4S2/c1-13-4-6-14(7-5-13)16-11-31-21(23-16)24-19(27)12-32-22-26-25-20(30-22)15-8-9-17(28-2)18(10-15)29-3/h4-11H,12H2,1-3H3,(H,23,24,27). The van der Waals surface area contributed by atoms with Gasteiger partial charge in [-0.3, -0.25) is 4.79 Å². The fraction of sp³-hybridized carbons (Fsp3) is 0.182. The third-order valence-corrected chi connectivity index (χ3v) is 6.04. The topological polar surface area (TPSA) is 99.4 Å². The van der Waals surface area contributed by atoms with Gasteiger partial charge in [-0.05, 0) is 25.1 Å². The zero-order valence-corrected chi connectivity index (χ0v) is 19.3. The number of carbonyl (C=O) groups excluding carboxylic acids is 1. The second-order valence-corrected chi connectivity index (χ2v) is 8.47. The van der Waals surface area contributed by atoms with Gasteiger partial charge < -0.3 is 19.2 Å². The van der Waals surface area contributed by atoms with Gasteiger partial charge in [0.2, 0.25) is 11.8 Å². The van der Waals surface area contributed by atoms with E-state index in [4.69, 9.17) is 13.9 Å². The van der Waals surface area contributed by atoms with E-state index in [0.29, 0.717) is 33.3 Å². The second-order valence-electron chi connectivity index (χ2n) is 6.68. The van der Waals surface area contributed by atoms with Gasteiger partial charge in [0.25, 0.3) is 5.22 Å². The number of nitrogens with one attached hydrogen (secondary N) is 1. The maximum atomic E-state index is 12.3. The van der Waals surface area contributed by atoms with Crippen LogP contribution < -0.4 is 14.8 Å². The summed E-state index contributed by atoms with van der Waals surface area (Å²) in [4.78, 5) is 16.8. The first-order chi connectivity index (χ1) is 15.6. The molecule has 10 heteroatoms. The number of thiazole rings is 1. The van der Waals surface area contributed by atoms with Crippen molar-refractivity contribution in [2.75, 3.05) is 25.3 Å². The number of carbonyl (C=O) groups is 1. The van der Waals surface area contributed by atoms with Crippen LogP contribution in [0.5, 0.6) is 11.5 Å². The Morgan fingerprint density at radius 3 is 2.56 bits per heavy atom. The van der Waals surface area contributed by atoms with Crippen LogP contribution >= 0.6 is 23.1 Å². The van der Waals surface area contributed by atoms with Crippen molar-refractivity contribution >= 4 is 34.1 Å². The molecular formula is C22H20N4O4S2. The van der Waals surface area contributed by atoms with Gasteiger partial charge in [0.1, 0.15) is 0 Å². The summed E-state index contributed by atoms with van der Waals surface area (Å²) < 4.78 is 16.2. The number of aryl methyl sites for hydroxylation is 1. The highest BCUT2D eigenvalue weighted by atomic mass is 32.2. The van der Waals surface area contributed by atoms with Crippen LogP contribution in [0.25, 0.3) is 22.7 Å². The predicted molar refractivity (Wildman–Crippen MR) is 124 cm³/mol. The largest absolute Gasteiger partial charge is 0.493 e. The fourth-order valence-corrected chi connectivity index (χ4v) is 4.12. The van der Waals surface area contributed by atoms with E-state index < -0.39 is 0 Å². The Labute approximate surface area is 193 Å². The summed E-state index contributed by atoms with van der Waals surface area (Å²) in [5.41, 5.74) is 3.72. The zero-order chi connectivity index (χ0) is 22.5. The molecule has 0 saturated carbocycles. The molecule has 32 heavy (non-hydrogen) atoms. The van der Waals surface area contributed by atoms with E-state index in [1.54, 1.807) is 32.4 Å². The van der Waals surface area contributed by atoms with Crippen molar-refractivity contribution in [1.29, 1.82) is 0 Å². The highest BCUT2D eigenvalue weighted by Crippen LogP contribution is 2.32. The Morgan fingerprint density at radius 1 is 1.06 bits per heavy atom. The van der Waals surface area contributed by atoms with Crippen LogP contribution in [0.4, 0.5) is 5.13 Å². The number of methoxy groups -OCH3 is 2. The van der Waals surface area contributed by atoms with Crippen molar-refractivity contribution < 1.29 is 18.7 Å². The molecular weight excluding hydrogens is 448 g/mol. The van der Waals surface area contributed by atoms with Crippen molar-refractivity contribution in [2.24, 2.45) is 0 Å². The molecule has 0 spiro atoms. The first kappa shape index (κ1) is 21.8. The normalized spacial score (nSPS) is 10.7. The van der Waals surface area contributed by atoms with E-state index in [9.17, 15) is 4.79 Å². The summed E-state index contributed by atoms with van der Waals surface area (Å²) in [7, 11) is 3.13. The maximum absolute atomic E-state index is 12.3. The molecule has 0 aliphatic heterocycles. The summed E-state index contributed by atoms with van der Waals surface area (Å²) in [6.07, 6.45) is 0. The molecule has 8 nitrogen and oxygen atoms in total. The second kappa shape index (κ2) is 9.84. The minimum absolute atomic E-state index is 0.118. The first-order valence-corrected chi connectivity index (χ1v) is 11.4. The third-order valence-electron chi connectivity index (χ3n) is 4.46. The number of nitrogens with zero attached hydrogens (tertiary/aromatic N) is 3. The molecule has 1 amide bonds. The van der Waals surface area contributed by atoms with Crippen LogP contribution in [0, 0.1) is 6.92 Å². The summed E-state index contributed by atoms with van der Waals surface area (Å²) in [5, 5.41) is 13.6. The van der Waals surface area contributed by atoms with Gasteiger partial charge in [0.05, 0.1) is 25.7 Å². The smallest absolute Gasteiger partial charge is 0.277 e. The lowest BCUT2D eigenvalue weighted by atomic mass is 10.1. The number of aromatic nitrogens is 3. The number of rotatable bonds is 8. The van der Waals surface area contributed by atoms with Gasteiger partial charge >= 0.3 is 0 Å². The van der Waals surface area contributed by atoms with E-state index in [0.717, 1.165) is 23.0 Å². The molecule has 0 unspecified atom stereocenters. The predicted octanol–water partition coefficient (Wildman–Crippen LogP) is 4.92. The molecule has 4 rings (SSSR count). The molecule has 1 N–H and O–H groups in total. The summed E-state index contributed by atoms with van der Waals surface area (Å²) in [6.45, 7) is 2.04. The van der Waals surface area contributed by atoms with Crippen LogP contribution in [-0.2, 0) is 4.79 Å². The zero-order valence-electron chi connectivity index (χ0n) is 17.6. The maximum Gasteiger partial charge on any atom is 0.277 e. The van der Waals surface area contributed by atoms with E-state index >= 15 is 0 Å². The Kier molecular flexibility index (Phi) is 6.72. The molecule has 0 atom stereocenters. The van der Waals surface area contributed by atoms with E-state index in [1.165, 1.54) is 16.9 Å². The molecule has 2 aromatic heterocycles. The Hall–Kier alpha value is -3.37. The molecule has 2 heterocycles. The molecule has 2 aromatic carbocycles. The van der Waals surface area contributed by atoms with Crippen molar-refractivity contribution in [3.63, 3.8) is 0 Å². The third kappa shape index (κ3) is 5.09. The van der Waals surface area contributed by atoms with Gasteiger partial charge in [-0.15, -0.1) is 21.5 Å². The van der Waals surface area contributed by atoms with E-state index in [2.05, 4.69) is 20.5 Å². The van der Waals surface area contributed by atoms with Crippen molar-refractivity contribution in [3.05, 3.63) is 53.4 Å². The number of benzene rings is 2. The lowest BCUT2D eigenvalue weighted by Gasteiger charge is -2.07. The molecule has 0 fully saturated rings. The van der Waals surface area contributed by atoms with Crippen LogP contribution in [0.1, 0.15) is 5.56 Å². The van der Waals surface area contributed by atoms with Gasteiger partial charge in [-0.2, -0.15) is 0 Å². The lowest BCUT2D eigenvalue weighted by Crippen LogP contribution is -2.13. The minimum Gasteiger partial charge on any atom is -0.493 e. The van der Waals surface area contributed by atoms with Crippen LogP contribution in [0.15, 0.2) is 57.5 Å². The average Bonchev–Trinajstić information content (AvgIpc) is 3.47. The van der Waals surface area contributed by atoms with E-state index in [1.807, 2.05) is 36.6 Å². The minimum atomic E-state index is -0.203. The van der Waals surface area contributed by atoms with Crippen LogP contribution in [-0.4, -0.2) is 41.1 Å². The van der Waals surface area contributed by atoms with Crippen LogP contribution in [0.2, 0.25) is 0 Å². The highest BCUT2D eigenvalue weighted by molar-refractivity contribution is 7.99. The van der Waals surface area contributed by atoms with Crippen molar-refractivity contribution in [2.45, 2.75) is 12.1 Å². The number of amides is 1. The van der Waals surface area contributed by atoms with Crippen LogP contribution in [0.3, 0.4) is 0 Å². The number of hydrogen-bond acceptors (Lipinski definition) is 9. The number of hydrogen-bond donors (Lipinski definition) is 1. The summed E-state index contributed by atoms with van der Waals surface area (Å²) in [6, 6.07) is 13.4. The monoisotopic (exact) mass is 468 g/mol. The number of ether oxygens (including phenoxy) is 2. The average molecular weight is 469 g/mol. The quantitative estimate of drug-likeness (QED) is 0.364. The van der Waals surface area contributed by atoms with Gasteiger partial charge in [-0.1, -0.05) is 41.6 Å². The number of anilines is 1. The van der Waals surface area contributed by atoms with E-state index in [-0.39, 0.29) is 11.7 Å². The summed E-state index contributed by atoms with van der Waals surface area (Å²) in [5.74, 6) is 1.41. The van der Waals surface area contributed by atoms with Crippen molar-refractivity contribution in [3.8, 4) is 34.2 Å². The Morgan fingerprint density at radius 2 is 1.81 bits per heavy atom. The van der Waals surface area contributed by atoms with Gasteiger partial charge in [-0.25, -0.2) is 4.98 Å². The molecule has 0 aliphatic carbocycles. The molecule has 0 aliphatic rings. The molecule has 0 radical (unpaired) electrons. The van der Waals surface area contributed by atoms with Gasteiger partial charge in [0.15, 0.2) is 16.6 Å². The first-order valence-electron chi connectivity index (χ1n) is 9.57. The molecule has 0 saturated heterocycles. The molecule has 164 valence electrons. The Balaban J connectivity index is 1.34. The van der Waals surface area contributed by atoms with Gasteiger partial charge in [0, 0.05) is 16.5 Å². The lowest BCUT2D eigenvalue weighted by molar-refractivity contribution is -0.113. The van der Waals surface area contributed by atoms with Crippen molar-refractivity contribution in [1.82, 2.24) is 15.2 Å². The Bertz CT molecular complexity index is 1220. The SMILES string of the molecule is COc1ccc(-c2nnc(SCC(=O)Nc3nc(-c4ccc(C)cc4)cs3)o2)cc1OC. The summed E-state index contributed by atoms with van der Waals surface area (Å²) >= 11 is 2.53.